The summed E-state index contributed by atoms with van der Waals surface area (Å²) in [6.07, 6.45) is 13.4. The van der Waals surface area contributed by atoms with E-state index in [4.69, 9.17) is 5.73 Å². The number of carbonyl (C=O) groups excluding carboxylic acids is 1. The predicted octanol–water partition coefficient (Wildman–Crippen LogP) is 3.75. The van der Waals surface area contributed by atoms with Crippen molar-refractivity contribution in [2.45, 2.75) is 0 Å². The van der Waals surface area contributed by atoms with Crippen LogP contribution in [-0.2, 0) is 0 Å². The van der Waals surface area contributed by atoms with E-state index in [0.717, 1.165) is 16.3 Å². The Morgan fingerprint density at radius 1 is 0.750 bits per heavy atom. The maximum atomic E-state index is 11.4. The molecule has 138 valence electrons. The van der Waals surface area contributed by atoms with E-state index < -0.39 is 5.91 Å². The Bertz CT molecular complexity index is 1170. The average Bonchev–Trinajstić information content (AvgIpc) is 2.71. The summed E-state index contributed by atoms with van der Waals surface area (Å²) in [4.78, 5) is 24.0. The number of aromatic nitrogens is 4. The van der Waals surface area contributed by atoms with Gasteiger partial charge in [0.2, 0.25) is 5.91 Å². The Morgan fingerprint density at radius 3 is 2.39 bits per heavy atom. The highest BCUT2D eigenvalue weighted by Gasteiger charge is 1.96. The number of nitrogens with two attached hydrogens (primary N) is 1. The third-order valence-electron chi connectivity index (χ3n) is 3.84. The normalized spacial score (nSPS) is 9.71. The van der Waals surface area contributed by atoms with Gasteiger partial charge in [0, 0.05) is 48.8 Å². The topological polar surface area (TPSA) is 86.2 Å². The standard InChI is InChI=1S/C22H19N5O/c23-22(28)19-7-3-4-10-26-17-21-20-8-2-1-6-18(20)9-14-27(21)15-13-24-11-5-12-25-16-19/h1-17H,(H2,23,28). The first kappa shape index (κ1) is 18.7. The SMILES string of the molecule is NC(=O)c1ccccncc2c3ccccc3ccn2ccncccnc1. The van der Waals surface area contributed by atoms with Crippen LogP contribution in [0.3, 0.4) is 0 Å². The number of benzene rings is 1. The Labute approximate surface area is 162 Å². The lowest BCUT2D eigenvalue weighted by atomic mass is 10.1. The highest BCUT2D eigenvalue weighted by molar-refractivity contribution is 5.95. The van der Waals surface area contributed by atoms with Crippen LogP contribution in [0.25, 0.3) is 16.3 Å². The van der Waals surface area contributed by atoms with Crippen molar-refractivity contribution in [3.8, 4) is 0 Å². The lowest BCUT2D eigenvalue weighted by Crippen LogP contribution is -2.10. The summed E-state index contributed by atoms with van der Waals surface area (Å²) in [6, 6.07) is 16.8. The second-order valence-corrected chi connectivity index (χ2v) is 5.71. The molecule has 0 aliphatic carbocycles. The van der Waals surface area contributed by atoms with Gasteiger partial charge in [-0.05, 0) is 29.7 Å². The van der Waals surface area contributed by atoms with Crippen LogP contribution in [0.4, 0.5) is 0 Å². The fourth-order valence-electron chi connectivity index (χ4n) is 2.50. The summed E-state index contributed by atoms with van der Waals surface area (Å²) in [7, 11) is 0. The Balaban J connectivity index is 2.26. The van der Waals surface area contributed by atoms with Crippen molar-refractivity contribution in [1.82, 2.24) is 19.4 Å². The molecule has 3 rings (SSSR count). The lowest BCUT2D eigenvalue weighted by Gasteiger charge is -2.02. The summed E-state index contributed by atoms with van der Waals surface area (Å²) >= 11 is 0. The molecule has 1 aromatic carbocycles. The first-order valence-electron chi connectivity index (χ1n) is 8.60. The van der Waals surface area contributed by atoms with Gasteiger partial charge in [0.1, 0.15) is 0 Å². The molecule has 0 atom stereocenters. The van der Waals surface area contributed by atoms with E-state index in [0.29, 0.717) is 0 Å². The van der Waals surface area contributed by atoms with E-state index in [9.17, 15) is 4.79 Å². The molecule has 3 aromatic rings. The van der Waals surface area contributed by atoms with Crippen molar-refractivity contribution >= 4 is 22.2 Å². The smallest absolute Gasteiger partial charge is 0.250 e. The van der Waals surface area contributed by atoms with Crippen LogP contribution in [-0.4, -0.2) is 25.3 Å². The molecular formula is C22H19N5O. The minimum Gasteiger partial charge on any atom is -0.366 e. The van der Waals surface area contributed by atoms with Crippen LogP contribution in [0.15, 0.2) is 104 Å². The summed E-state index contributed by atoms with van der Waals surface area (Å²) < 4.78 is 1.95. The minimum absolute atomic E-state index is 0.284. The largest absolute Gasteiger partial charge is 0.366 e. The van der Waals surface area contributed by atoms with Gasteiger partial charge in [0.15, 0.2) is 0 Å². The third-order valence-corrected chi connectivity index (χ3v) is 3.84. The molecule has 1 amide bonds. The molecular weight excluding hydrogens is 350 g/mol. The Hall–Kier alpha value is -4.06. The molecule has 0 fully saturated rings. The highest BCUT2D eigenvalue weighted by Crippen LogP contribution is 2.17. The van der Waals surface area contributed by atoms with Crippen LogP contribution in [0.5, 0.6) is 0 Å². The van der Waals surface area contributed by atoms with Gasteiger partial charge in [0.25, 0.3) is 0 Å². The summed E-state index contributed by atoms with van der Waals surface area (Å²) in [5, 5.41) is 2.19. The minimum atomic E-state index is -0.559. The molecule has 0 saturated heterocycles. The molecule has 0 aliphatic heterocycles. The van der Waals surface area contributed by atoms with Gasteiger partial charge in [-0.25, -0.2) is 0 Å². The quantitative estimate of drug-likeness (QED) is 0.708. The zero-order valence-electron chi connectivity index (χ0n) is 15.1. The van der Waals surface area contributed by atoms with Gasteiger partial charge in [0.05, 0.1) is 17.3 Å². The number of fused-ring (bicyclic) bond motifs is 3. The van der Waals surface area contributed by atoms with Crippen molar-refractivity contribution < 1.29 is 4.79 Å². The zero-order valence-corrected chi connectivity index (χ0v) is 15.1. The summed E-state index contributed by atoms with van der Waals surface area (Å²) in [6.45, 7) is 0. The average molecular weight is 369 g/mol. The van der Waals surface area contributed by atoms with Crippen molar-refractivity contribution in [2.75, 3.05) is 0 Å². The van der Waals surface area contributed by atoms with E-state index in [1.54, 1.807) is 49.1 Å². The van der Waals surface area contributed by atoms with E-state index >= 15 is 0 Å². The predicted molar refractivity (Wildman–Crippen MR) is 110 cm³/mol. The highest BCUT2D eigenvalue weighted by atomic mass is 16.1. The van der Waals surface area contributed by atoms with Crippen LogP contribution >= 0.6 is 0 Å². The van der Waals surface area contributed by atoms with Crippen LogP contribution in [0.2, 0.25) is 0 Å². The third kappa shape index (κ3) is 4.98. The van der Waals surface area contributed by atoms with Gasteiger partial charge in [-0.1, -0.05) is 30.3 Å². The Morgan fingerprint density at radius 2 is 1.50 bits per heavy atom. The maximum absolute atomic E-state index is 11.4. The summed E-state index contributed by atoms with van der Waals surface area (Å²) in [5.74, 6) is -0.559. The van der Waals surface area contributed by atoms with Crippen LogP contribution in [0.1, 0.15) is 10.4 Å². The molecule has 2 aromatic heterocycles. The van der Waals surface area contributed by atoms with Gasteiger partial charge >= 0.3 is 0 Å². The number of amides is 1. The monoisotopic (exact) mass is 369 g/mol. The van der Waals surface area contributed by atoms with Crippen molar-refractivity contribution in [2.24, 2.45) is 5.73 Å². The molecule has 2 heterocycles. The van der Waals surface area contributed by atoms with E-state index in [2.05, 4.69) is 21.0 Å². The van der Waals surface area contributed by atoms with E-state index in [-0.39, 0.29) is 5.56 Å². The van der Waals surface area contributed by atoms with Crippen molar-refractivity contribution in [1.29, 1.82) is 0 Å². The van der Waals surface area contributed by atoms with E-state index in [1.165, 1.54) is 12.4 Å². The summed E-state index contributed by atoms with van der Waals surface area (Å²) in [5.41, 5.74) is 6.55. The fraction of sp³-hybridized carbons (Fsp3) is 0. The number of carbonyl (C=O) groups is 1. The second kappa shape index (κ2) is 9.59. The molecule has 0 unspecified atom stereocenters. The second-order valence-electron chi connectivity index (χ2n) is 5.71. The first-order chi connectivity index (χ1) is 13.8. The van der Waals surface area contributed by atoms with E-state index in [1.807, 2.05) is 41.1 Å². The number of nitrogens with zero attached hydrogens (tertiary/aromatic N) is 4. The molecule has 0 spiro atoms. The van der Waals surface area contributed by atoms with Gasteiger partial charge in [-0.2, -0.15) is 0 Å². The molecule has 0 radical (unpaired) electrons. The number of hydrogen-bond donors (Lipinski definition) is 1. The Kier molecular flexibility index (Phi) is 6.41. The number of primary amides is 1. The van der Waals surface area contributed by atoms with Gasteiger partial charge < -0.3 is 10.1 Å². The number of rotatable bonds is 1. The molecule has 28 heavy (non-hydrogen) atoms. The first-order valence-corrected chi connectivity index (χ1v) is 8.60. The van der Waals surface area contributed by atoms with Crippen LogP contribution < -0.4 is 5.73 Å². The lowest BCUT2D eigenvalue weighted by molar-refractivity contribution is 0.1000. The molecule has 0 aliphatic rings. The molecule has 6 heteroatoms. The number of pyridine rings is 1. The molecule has 2 N–H and O–H groups in total. The maximum Gasteiger partial charge on any atom is 0.250 e. The zero-order chi connectivity index (χ0) is 19.6. The number of hydrogen-bond acceptors (Lipinski definition) is 4. The van der Waals surface area contributed by atoms with Crippen LogP contribution in [0, 0.1) is 0 Å². The van der Waals surface area contributed by atoms with Crippen molar-refractivity contribution in [3.05, 3.63) is 110 Å². The fourth-order valence-corrected chi connectivity index (χ4v) is 2.50. The molecule has 0 saturated carbocycles. The van der Waals surface area contributed by atoms with Gasteiger partial charge in [-0.15, -0.1) is 0 Å². The van der Waals surface area contributed by atoms with Crippen molar-refractivity contribution in [3.63, 3.8) is 0 Å². The molecule has 0 bridgehead atoms. The molecule has 6 nitrogen and oxygen atoms in total. The van der Waals surface area contributed by atoms with Gasteiger partial charge in [-0.3, -0.25) is 19.7 Å².